The molecule has 0 fully saturated rings. The predicted octanol–water partition coefficient (Wildman–Crippen LogP) is 6.03. The van der Waals surface area contributed by atoms with Crippen LogP contribution in [0.1, 0.15) is 16.7 Å². The van der Waals surface area contributed by atoms with Crippen LogP contribution in [0.2, 0.25) is 10.0 Å². The molecular formula is C26H24Cl2N2O3S. The van der Waals surface area contributed by atoms with Crippen molar-refractivity contribution in [3.8, 4) is 11.1 Å². The predicted molar refractivity (Wildman–Crippen MR) is 138 cm³/mol. The molecule has 0 aliphatic rings. The lowest BCUT2D eigenvalue weighted by Gasteiger charge is -2.14. The Morgan fingerprint density at radius 2 is 1.53 bits per heavy atom. The average molecular weight is 515 g/mol. The van der Waals surface area contributed by atoms with Crippen LogP contribution in [-0.2, 0) is 34.0 Å². The molecule has 0 heterocycles. The fraction of sp³-hybridized carbons (Fsp3) is 0.231. The number of nitrogens with zero attached hydrogens (tertiary/aromatic N) is 2. The van der Waals surface area contributed by atoms with Gasteiger partial charge in [0.25, 0.3) is 0 Å². The first-order valence-corrected chi connectivity index (χ1v) is 13.1. The highest BCUT2D eigenvalue weighted by Gasteiger charge is 2.15. The van der Waals surface area contributed by atoms with Crippen molar-refractivity contribution in [1.82, 2.24) is 4.90 Å². The SMILES string of the molecule is [C-]#[N+]c1cc(-c2c(Cl)cc(CC(=O)Cc3ccc(S(C)(=O)=O)cc3)cc2Cl)ccc1CN(C)C. The fourth-order valence-electron chi connectivity index (χ4n) is 3.67. The third-order valence-electron chi connectivity index (χ3n) is 5.24. The molecule has 3 aromatic rings. The van der Waals surface area contributed by atoms with Crippen molar-refractivity contribution in [3.05, 3.63) is 92.8 Å². The maximum Gasteiger partial charge on any atom is 0.192 e. The summed E-state index contributed by atoms with van der Waals surface area (Å²) < 4.78 is 23.2. The Bertz CT molecular complexity index is 1350. The van der Waals surface area contributed by atoms with E-state index >= 15 is 0 Å². The van der Waals surface area contributed by atoms with E-state index in [0.29, 0.717) is 33.4 Å². The van der Waals surface area contributed by atoms with E-state index in [1.165, 1.54) is 12.1 Å². The second-order valence-corrected chi connectivity index (χ2v) is 11.3. The van der Waals surface area contributed by atoms with E-state index in [4.69, 9.17) is 29.8 Å². The summed E-state index contributed by atoms with van der Waals surface area (Å²) in [5.74, 6) is -0.0460. The number of hydrogen-bond acceptors (Lipinski definition) is 4. The lowest BCUT2D eigenvalue weighted by atomic mass is 9.98. The van der Waals surface area contributed by atoms with Crippen molar-refractivity contribution in [3.63, 3.8) is 0 Å². The Labute approximate surface area is 210 Å². The molecule has 0 spiro atoms. The molecule has 0 atom stereocenters. The topological polar surface area (TPSA) is 58.8 Å². The van der Waals surface area contributed by atoms with Crippen molar-refractivity contribution in [1.29, 1.82) is 0 Å². The number of hydrogen-bond donors (Lipinski definition) is 0. The molecular weight excluding hydrogens is 491 g/mol. The van der Waals surface area contributed by atoms with Crippen molar-refractivity contribution in [2.24, 2.45) is 0 Å². The van der Waals surface area contributed by atoms with Crippen LogP contribution >= 0.6 is 23.2 Å². The molecule has 0 aliphatic carbocycles. The van der Waals surface area contributed by atoms with E-state index in [0.717, 1.165) is 22.9 Å². The number of sulfone groups is 1. The highest BCUT2D eigenvalue weighted by Crippen LogP contribution is 2.38. The zero-order valence-electron chi connectivity index (χ0n) is 19.1. The van der Waals surface area contributed by atoms with Gasteiger partial charge >= 0.3 is 0 Å². The molecule has 0 N–H and O–H groups in total. The molecule has 0 saturated carbocycles. The maximum absolute atomic E-state index is 12.6. The largest absolute Gasteiger partial charge is 0.306 e. The Morgan fingerprint density at radius 3 is 2.06 bits per heavy atom. The van der Waals surface area contributed by atoms with Crippen LogP contribution in [0, 0.1) is 6.57 Å². The summed E-state index contributed by atoms with van der Waals surface area (Å²) in [6, 6.07) is 15.3. The van der Waals surface area contributed by atoms with Gasteiger partial charge in [0.15, 0.2) is 15.5 Å². The number of carbonyl (C=O) groups is 1. The van der Waals surface area contributed by atoms with Crippen LogP contribution in [0.3, 0.4) is 0 Å². The minimum atomic E-state index is -3.28. The molecule has 176 valence electrons. The van der Waals surface area contributed by atoms with E-state index < -0.39 is 9.84 Å². The van der Waals surface area contributed by atoms with E-state index in [-0.39, 0.29) is 23.5 Å². The van der Waals surface area contributed by atoms with Gasteiger partial charge < -0.3 is 4.90 Å². The van der Waals surface area contributed by atoms with Crippen LogP contribution in [0.5, 0.6) is 0 Å². The van der Waals surface area contributed by atoms with Crippen LogP contribution < -0.4 is 0 Å². The third-order valence-corrected chi connectivity index (χ3v) is 6.96. The van der Waals surface area contributed by atoms with Crippen LogP contribution in [0.4, 0.5) is 5.69 Å². The van der Waals surface area contributed by atoms with Crippen LogP contribution in [0.25, 0.3) is 16.0 Å². The first kappa shape index (κ1) is 25.9. The summed E-state index contributed by atoms with van der Waals surface area (Å²) in [5, 5.41) is 0.813. The normalized spacial score (nSPS) is 11.4. The summed E-state index contributed by atoms with van der Waals surface area (Å²) in [6.07, 6.45) is 1.45. The number of halogens is 2. The first-order chi connectivity index (χ1) is 16.0. The highest BCUT2D eigenvalue weighted by molar-refractivity contribution is 7.90. The van der Waals surface area contributed by atoms with Crippen molar-refractivity contribution < 1.29 is 13.2 Å². The van der Waals surface area contributed by atoms with Gasteiger partial charge in [0.05, 0.1) is 21.5 Å². The molecule has 34 heavy (non-hydrogen) atoms. The smallest absolute Gasteiger partial charge is 0.192 e. The van der Waals surface area contributed by atoms with E-state index in [1.54, 1.807) is 30.3 Å². The van der Waals surface area contributed by atoms with E-state index in [9.17, 15) is 13.2 Å². The summed E-state index contributed by atoms with van der Waals surface area (Å²) in [7, 11) is 0.611. The molecule has 3 aromatic carbocycles. The monoisotopic (exact) mass is 514 g/mol. The highest BCUT2D eigenvalue weighted by atomic mass is 35.5. The Morgan fingerprint density at radius 1 is 0.941 bits per heavy atom. The van der Waals surface area contributed by atoms with Crippen LogP contribution in [0.15, 0.2) is 59.5 Å². The summed E-state index contributed by atoms with van der Waals surface area (Å²) >= 11 is 13.1. The van der Waals surface area contributed by atoms with Gasteiger partial charge in [0, 0.05) is 31.2 Å². The van der Waals surface area contributed by atoms with Gasteiger partial charge in [0.1, 0.15) is 5.78 Å². The summed E-state index contributed by atoms with van der Waals surface area (Å²) in [5.41, 5.74) is 4.24. The average Bonchev–Trinajstić information content (AvgIpc) is 2.73. The number of ketones is 1. The second-order valence-electron chi connectivity index (χ2n) is 8.44. The van der Waals surface area contributed by atoms with E-state index in [2.05, 4.69) is 4.85 Å². The molecule has 5 nitrogen and oxygen atoms in total. The molecule has 3 rings (SSSR count). The molecule has 0 radical (unpaired) electrons. The first-order valence-electron chi connectivity index (χ1n) is 10.4. The minimum absolute atomic E-state index is 0.0460. The minimum Gasteiger partial charge on any atom is -0.306 e. The zero-order valence-corrected chi connectivity index (χ0v) is 21.4. The summed E-state index contributed by atoms with van der Waals surface area (Å²) in [4.78, 5) is 18.5. The molecule has 0 unspecified atom stereocenters. The number of benzene rings is 3. The molecule has 0 bridgehead atoms. The lowest BCUT2D eigenvalue weighted by molar-refractivity contribution is -0.117. The van der Waals surface area contributed by atoms with Crippen molar-refractivity contribution >= 4 is 44.5 Å². The molecule has 0 saturated heterocycles. The second kappa shape index (κ2) is 10.7. The zero-order chi connectivity index (χ0) is 25.0. The lowest BCUT2D eigenvalue weighted by Crippen LogP contribution is -2.10. The third kappa shape index (κ3) is 6.46. The summed E-state index contributed by atoms with van der Waals surface area (Å²) in [6.45, 7) is 8.16. The van der Waals surface area contributed by atoms with Crippen molar-refractivity contribution in [2.45, 2.75) is 24.3 Å². The fourth-order valence-corrected chi connectivity index (χ4v) is 5.05. The quantitative estimate of drug-likeness (QED) is 0.344. The van der Waals surface area contributed by atoms with Gasteiger partial charge in [-0.05, 0) is 66.7 Å². The Hall–Kier alpha value is -2.69. The molecule has 0 amide bonds. The van der Waals surface area contributed by atoms with Gasteiger partial charge in [-0.1, -0.05) is 47.5 Å². The maximum atomic E-state index is 12.6. The van der Waals surface area contributed by atoms with Gasteiger partial charge in [0.2, 0.25) is 0 Å². The van der Waals surface area contributed by atoms with Gasteiger partial charge in [-0.2, -0.15) is 0 Å². The number of rotatable bonds is 8. The molecule has 0 aromatic heterocycles. The molecule has 0 aliphatic heterocycles. The van der Waals surface area contributed by atoms with E-state index in [1.807, 2.05) is 31.1 Å². The molecule has 8 heteroatoms. The van der Waals surface area contributed by atoms with Gasteiger partial charge in [-0.3, -0.25) is 4.79 Å². The Kier molecular flexibility index (Phi) is 8.17. The number of Topliss-reactive ketones (excluding diaryl/α,β-unsaturated/α-hetero) is 1. The number of carbonyl (C=O) groups excluding carboxylic acids is 1. The van der Waals surface area contributed by atoms with Crippen LogP contribution in [-0.4, -0.2) is 39.5 Å². The standard InChI is InChI=1S/C26H24Cl2N2O3S/c1-29-25-15-19(7-8-20(25)16-30(2)3)26-23(27)13-18(14-24(26)28)12-21(31)11-17-5-9-22(10-6-17)34(4,32)33/h5-10,13-15H,11-12,16H2,2-4H3. The van der Waals surface area contributed by atoms with Gasteiger partial charge in [-0.25, -0.2) is 13.3 Å². The van der Waals surface area contributed by atoms with Crippen molar-refractivity contribution in [2.75, 3.05) is 20.4 Å². The Balaban J connectivity index is 1.79. The van der Waals surface area contributed by atoms with Gasteiger partial charge in [-0.15, -0.1) is 0 Å².